The molecule has 0 saturated heterocycles. The molecule has 2 saturated carbocycles. The molecule has 2 aliphatic carbocycles. The van der Waals surface area contributed by atoms with Crippen LogP contribution in [0, 0.1) is 22.7 Å². The fraction of sp³-hybridized carbons (Fsp3) is 0.773. The minimum Gasteiger partial charge on any atom is -0.463 e. The van der Waals surface area contributed by atoms with Crippen molar-refractivity contribution in [2.45, 2.75) is 79.2 Å². The summed E-state index contributed by atoms with van der Waals surface area (Å²) in [6.07, 6.45) is 11.3. The highest BCUT2D eigenvalue weighted by molar-refractivity contribution is 5.83. The average molecular weight is 349 g/mol. The predicted molar refractivity (Wildman–Crippen MR) is 102 cm³/mol. The summed E-state index contributed by atoms with van der Waals surface area (Å²) in [5.41, 5.74) is 0.602. The van der Waals surface area contributed by atoms with Crippen molar-refractivity contribution in [2.75, 3.05) is 6.61 Å². The Kier molecular flexibility index (Phi) is 5.88. The molecule has 142 valence electrons. The lowest BCUT2D eigenvalue weighted by molar-refractivity contribution is -0.149. The van der Waals surface area contributed by atoms with Crippen LogP contribution in [0.4, 0.5) is 0 Å². The van der Waals surface area contributed by atoms with Crippen molar-refractivity contribution in [1.29, 1.82) is 0 Å². The van der Waals surface area contributed by atoms with Gasteiger partial charge in [0.15, 0.2) is 0 Å². The molecule has 2 rings (SSSR count). The maximum absolute atomic E-state index is 11.6. The van der Waals surface area contributed by atoms with E-state index in [4.69, 9.17) is 4.74 Å². The molecule has 0 aromatic carbocycles. The van der Waals surface area contributed by atoms with Crippen molar-refractivity contribution in [3.63, 3.8) is 0 Å². The van der Waals surface area contributed by atoms with Crippen LogP contribution < -0.4 is 0 Å². The molecule has 0 unspecified atom stereocenters. The number of rotatable bonds is 4. The molecule has 0 aromatic rings. The number of carbonyl (C=O) groups excluding carboxylic acids is 1. The first-order valence-corrected chi connectivity index (χ1v) is 9.78. The number of esters is 1. The Hall–Kier alpha value is -1.09. The van der Waals surface area contributed by atoms with Gasteiger partial charge in [0.2, 0.25) is 0 Å². The topological polar surface area (TPSA) is 46.5 Å². The average Bonchev–Trinajstić information content (AvgIpc) is 2.44. The number of carbonyl (C=O) groups is 1. The molecule has 2 aliphatic rings. The van der Waals surface area contributed by atoms with Gasteiger partial charge < -0.3 is 9.84 Å². The molecular formula is C22H36O3. The van der Waals surface area contributed by atoms with Gasteiger partial charge in [0.05, 0.1) is 12.2 Å². The molecule has 4 atom stereocenters. The Morgan fingerprint density at radius 2 is 1.88 bits per heavy atom. The first kappa shape index (κ1) is 20.2. The summed E-state index contributed by atoms with van der Waals surface area (Å²) in [5.74, 6) is 0.421. The summed E-state index contributed by atoms with van der Waals surface area (Å²) in [6, 6.07) is 0. The second-order valence-electron chi connectivity index (χ2n) is 9.27. The van der Waals surface area contributed by atoms with Crippen molar-refractivity contribution in [3.8, 4) is 0 Å². The molecule has 0 bridgehead atoms. The van der Waals surface area contributed by atoms with Gasteiger partial charge in [-0.1, -0.05) is 39.3 Å². The van der Waals surface area contributed by atoms with Crippen molar-refractivity contribution < 1.29 is 14.6 Å². The van der Waals surface area contributed by atoms with Crippen LogP contribution in [0.3, 0.4) is 0 Å². The van der Waals surface area contributed by atoms with Crippen molar-refractivity contribution in [1.82, 2.24) is 0 Å². The highest BCUT2D eigenvalue weighted by Crippen LogP contribution is 2.62. The van der Waals surface area contributed by atoms with E-state index in [1.165, 1.54) is 18.9 Å². The van der Waals surface area contributed by atoms with Crippen LogP contribution >= 0.6 is 0 Å². The highest BCUT2D eigenvalue weighted by atomic mass is 16.5. The Morgan fingerprint density at radius 3 is 2.52 bits per heavy atom. The first-order chi connectivity index (χ1) is 11.5. The summed E-state index contributed by atoms with van der Waals surface area (Å²) in [7, 11) is 0. The van der Waals surface area contributed by atoms with Gasteiger partial charge in [-0.2, -0.15) is 0 Å². The molecule has 0 aliphatic heterocycles. The van der Waals surface area contributed by atoms with Crippen molar-refractivity contribution >= 4 is 5.97 Å². The van der Waals surface area contributed by atoms with E-state index in [0.29, 0.717) is 17.9 Å². The summed E-state index contributed by atoms with van der Waals surface area (Å²) in [5, 5.41) is 11.1. The molecule has 2 fully saturated rings. The van der Waals surface area contributed by atoms with E-state index in [2.05, 4.69) is 26.8 Å². The Balaban J connectivity index is 2.29. The maximum Gasteiger partial charge on any atom is 0.330 e. The van der Waals surface area contributed by atoms with Crippen LogP contribution in [0.5, 0.6) is 0 Å². The third-order valence-corrected chi connectivity index (χ3v) is 6.78. The fourth-order valence-electron chi connectivity index (χ4n) is 5.65. The van der Waals surface area contributed by atoms with Crippen LogP contribution in [0.15, 0.2) is 23.8 Å². The van der Waals surface area contributed by atoms with Crippen molar-refractivity contribution in [2.24, 2.45) is 22.7 Å². The quantitative estimate of drug-likeness (QED) is 0.439. The van der Waals surface area contributed by atoms with Gasteiger partial charge >= 0.3 is 5.97 Å². The number of hydrogen-bond donors (Lipinski definition) is 1. The third kappa shape index (κ3) is 4.19. The van der Waals surface area contributed by atoms with Crippen LogP contribution in [0.25, 0.3) is 0 Å². The van der Waals surface area contributed by atoms with Gasteiger partial charge in [0, 0.05) is 12.0 Å². The number of aliphatic hydroxyl groups is 1. The lowest BCUT2D eigenvalue weighted by Crippen LogP contribution is -2.56. The summed E-state index contributed by atoms with van der Waals surface area (Å²) < 4.78 is 4.98. The molecule has 0 amide bonds. The van der Waals surface area contributed by atoms with E-state index >= 15 is 0 Å². The van der Waals surface area contributed by atoms with Crippen molar-refractivity contribution in [3.05, 3.63) is 23.8 Å². The van der Waals surface area contributed by atoms with Gasteiger partial charge in [-0.15, -0.1) is 0 Å². The summed E-state index contributed by atoms with van der Waals surface area (Å²) >= 11 is 0. The SMILES string of the molecule is CCOC(=O)C=C(C)C=C[C@@H]1[C@@]2(C)CCCC(C)(C)[C@@H]2CC[C@@]1(C)O. The second-order valence-corrected chi connectivity index (χ2v) is 9.27. The van der Waals surface area contributed by atoms with E-state index in [1.807, 2.05) is 26.8 Å². The number of fused-ring (bicyclic) bond motifs is 1. The van der Waals surface area contributed by atoms with E-state index < -0.39 is 5.60 Å². The molecule has 3 heteroatoms. The molecule has 3 nitrogen and oxygen atoms in total. The molecule has 0 radical (unpaired) electrons. The molecule has 0 aromatic heterocycles. The minimum atomic E-state index is -0.695. The van der Waals surface area contributed by atoms with Crippen LogP contribution in [0.1, 0.15) is 73.6 Å². The van der Waals surface area contributed by atoms with Gasteiger partial charge in [0.25, 0.3) is 0 Å². The third-order valence-electron chi connectivity index (χ3n) is 6.78. The lowest BCUT2D eigenvalue weighted by Gasteiger charge is -2.60. The fourth-order valence-corrected chi connectivity index (χ4v) is 5.65. The predicted octanol–water partition coefficient (Wildman–Crippen LogP) is 5.05. The zero-order chi connectivity index (χ0) is 18.9. The summed E-state index contributed by atoms with van der Waals surface area (Å²) in [4.78, 5) is 11.6. The van der Waals surface area contributed by atoms with Gasteiger partial charge in [-0.3, -0.25) is 0 Å². The van der Waals surface area contributed by atoms with E-state index in [-0.39, 0.29) is 17.3 Å². The van der Waals surface area contributed by atoms with E-state index in [0.717, 1.165) is 24.8 Å². The van der Waals surface area contributed by atoms with E-state index in [9.17, 15) is 9.90 Å². The Labute approximate surface area is 153 Å². The van der Waals surface area contributed by atoms with Crippen LogP contribution in [-0.2, 0) is 9.53 Å². The first-order valence-electron chi connectivity index (χ1n) is 9.78. The minimum absolute atomic E-state index is 0.101. The summed E-state index contributed by atoms with van der Waals surface area (Å²) in [6.45, 7) is 13.2. The monoisotopic (exact) mass is 348 g/mol. The maximum atomic E-state index is 11.6. The molecule has 0 spiro atoms. The Bertz CT molecular complexity index is 556. The van der Waals surface area contributed by atoms with Crippen LogP contribution in [-0.4, -0.2) is 23.3 Å². The molecule has 25 heavy (non-hydrogen) atoms. The molecular weight excluding hydrogens is 312 g/mol. The second kappa shape index (κ2) is 7.26. The molecule has 0 heterocycles. The largest absolute Gasteiger partial charge is 0.463 e. The molecule has 1 N–H and O–H groups in total. The standard InChI is InChI=1S/C22H36O3/c1-7-25-19(23)15-16(2)9-10-18-21(5)13-8-12-20(3,4)17(21)11-14-22(18,6)24/h9-10,15,17-18,24H,7-8,11-14H2,1-6H3/t17-,18+,21-,22+/m0/s1. The van der Waals surface area contributed by atoms with E-state index in [1.54, 1.807) is 0 Å². The normalized spacial score (nSPS) is 38.4. The smallest absolute Gasteiger partial charge is 0.330 e. The van der Waals surface area contributed by atoms with Crippen LogP contribution in [0.2, 0.25) is 0 Å². The lowest BCUT2D eigenvalue weighted by atomic mass is 9.45. The Morgan fingerprint density at radius 1 is 1.20 bits per heavy atom. The number of hydrogen-bond acceptors (Lipinski definition) is 3. The highest BCUT2D eigenvalue weighted by Gasteiger charge is 2.57. The van der Waals surface area contributed by atoms with Gasteiger partial charge in [-0.05, 0) is 68.8 Å². The van der Waals surface area contributed by atoms with Gasteiger partial charge in [-0.25, -0.2) is 4.79 Å². The number of ether oxygens (including phenoxy) is 1. The zero-order valence-corrected chi connectivity index (χ0v) is 16.9. The number of allylic oxidation sites excluding steroid dienone is 2. The van der Waals surface area contributed by atoms with Gasteiger partial charge in [0.1, 0.15) is 0 Å². The zero-order valence-electron chi connectivity index (χ0n) is 16.9.